The van der Waals surface area contributed by atoms with Crippen LogP contribution < -0.4 is 5.32 Å². The minimum absolute atomic E-state index is 0.0306. The molecule has 0 radical (unpaired) electrons. The van der Waals surface area contributed by atoms with Gasteiger partial charge in [0.1, 0.15) is 11.9 Å². The number of benzene rings is 1. The average Bonchev–Trinajstić information content (AvgIpc) is 3.54. The third-order valence-corrected chi connectivity index (χ3v) is 6.38. The Morgan fingerprint density at radius 2 is 2.14 bits per heavy atom. The Bertz CT molecular complexity index is 1280. The molecule has 8 nitrogen and oxygen atoms in total. The van der Waals surface area contributed by atoms with Crippen molar-refractivity contribution in [1.29, 1.82) is 0 Å². The van der Waals surface area contributed by atoms with E-state index in [1.807, 2.05) is 6.92 Å². The molecule has 0 saturated heterocycles. The SMILES string of the molecule is CCC1=C(c2ccn(C(F)F)n2)[C@H](c2ccc(F)cc2Cl)N=C(c2nccs2)N1CNC(=O)OC. The molecule has 1 amide bonds. The first-order valence-corrected chi connectivity index (χ1v) is 11.7. The summed E-state index contributed by atoms with van der Waals surface area (Å²) in [4.78, 5) is 22.8. The second-order valence-electron chi connectivity index (χ2n) is 7.29. The number of rotatable bonds is 7. The number of hydrogen-bond donors (Lipinski definition) is 1. The monoisotopic (exact) mass is 524 g/mol. The molecule has 1 aliphatic heterocycles. The molecule has 0 saturated carbocycles. The Kier molecular flexibility index (Phi) is 7.41. The Balaban J connectivity index is 1.94. The minimum Gasteiger partial charge on any atom is -0.453 e. The minimum atomic E-state index is -2.84. The smallest absolute Gasteiger partial charge is 0.408 e. The van der Waals surface area contributed by atoms with E-state index < -0.39 is 24.5 Å². The summed E-state index contributed by atoms with van der Waals surface area (Å²) in [6.45, 7) is -0.993. The average molecular weight is 525 g/mol. The summed E-state index contributed by atoms with van der Waals surface area (Å²) in [6, 6.07) is 4.59. The lowest BCUT2D eigenvalue weighted by molar-refractivity contribution is 0.0564. The maximum atomic E-state index is 13.8. The zero-order chi connectivity index (χ0) is 25.1. The van der Waals surface area contributed by atoms with Crippen molar-refractivity contribution in [2.24, 2.45) is 4.99 Å². The number of amides is 1. The van der Waals surface area contributed by atoms with E-state index in [9.17, 15) is 18.0 Å². The van der Waals surface area contributed by atoms with Gasteiger partial charge in [-0.3, -0.25) is 4.99 Å². The number of aromatic nitrogens is 3. The molecule has 0 unspecified atom stereocenters. The molecule has 35 heavy (non-hydrogen) atoms. The van der Waals surface area contributed by atoms with Crippen molar-refractivity contribution >= 4 is 40.4 Å². The summed E-state index contributed by atoms with van der Waals surface area (Å²) >= 11 is 7.75. The quantitative estimate of drug-likeness (QED) is 0.443. The molecule has 0 spiro atoms. The largest absolute Gasteiger partial charge is 0.453 e. The highest BCUT2D eigenvalue weighted by atomic mass is 35.5. The van der Waals surface area contributed by atoms with Gasteiger partial charge < -0.3 is 15.0 Å². The fourth-order valence-electron chi connectivity index (χ4n) is 3.79. The molecule has 3 aromatic rings. The maximum absolute atomic E-state index is 13.8. The van der Waals surface area contributed by atoms with Crippen LogP contribution >= 0.6 is 22.9 Å². The zero-order valence-corrected chi connectivity index (χ0v) is 20.2. The molecular formula is C22H20ClF3N6O2S. The van der Waals surface area contributed by atoms with Gasteiger partial charge in [-0.1, -0.05) is 24.6 Å². The van der Waals surface area contributed by atoms with Crippen LogP contribution in [0.25, 0.3) is 5.57 Å². The van der Waals surface area contributed by atoms with Gasteiger partial charge in [0.2, 0.25) is 0 Å². The summed E-state index contributed by atoms with van der Waals surface area (Å²) in [6.07, 6.45) is 2.54. The highest BCUT2D eigenvalue weighted by Gasteiger charge is 2.35. The van der Waals surface area contributed by atoms with Gasteiger partial charge in [0.05, 0.1) is 19.5 Å². The Hall–Kier alpha value is -3.38. The topological polar surface area (TPSA) is 84.6 Å². The first kappa shape index (κ1) is 24.7. The molecule has 2 aromatic heterocycles. The van der Waals surface area contributed by atoms with Crippen LogP contribution in [0.2, 0.25) is 5.02 Å². The number of ether oxygens (including phenoxy) is 1. The Morgan fingerprint density at radius 3 is 2.74 bits per heavy atom. The number of nitrogens with one attached hydrogen (secondary N) is 1. The lowest BCUT2D eigenvalue weighted by Gasteiger charge is -2.36. The number of carbonyl (C=O) groups is 1. The number of carbonyl (C=O) groups excluding carboxylic acids is 1. The molecular weight excluding hydrogens is 505 g/mol. The Labute approximate surface area is 207 Å². The van der Waals surface area contributed by atoms with E-state index in [0.717, 1.165) is 0 Å². The standard InChI is InChI=1S/C22H20ClF3N6O2S/c1-3-16-17(15-6-8-32(30-15)21(25)26)18(13-5-4-12(24)10-14(13)23)29-19(20-27-7-9-35-20)31(16)11-28-22(33)34-2/h4-10,18,21H,3,11H2,1-2H3,(H,28,33)/t18-/m0/s1. The third kappa shape index (κ3) is 5.03. The number of aliphatic imine (C=N–C) groups is 1. The maximum Gasteiger partial charge on any atom is 0.408 e. The molecule has 184 valence electrons. The van der Waals surface area contributed by atoms with Gasteiger partial charge in [0.15, 0.2) is 10.8 Å². The van der Waals surface area contributed by atoms with Gasteiger partial charge >= 0.3 is 12.6 Å². The second kappa shape index (κ2) is 10.5. The number of alkyl carbamates (subject to hydrolysis) is 1. The molecule has 4 rings (SSSR count). The summed E-state index contributed by atoms with van der Waals surface area (Å²) in [5.74, 6) is -0.0958. The van der Waals surface area contributed by atoms with Gasteiger partial charge in [-0.2, -0.15) is 13.9 Å². The number of thiazole rings is 1. The van der Waals surface area contributed by atoms with Gasteiger partial charge in [-0.15, -0.1) is 11.3 Å². The predicted molar refractivity (Wildman–Crippen MR) is 126 cm³/mol. The lowest BCUT2D eigenvalue weighted by Crippen LogP contribution is -2.43. The molecule has 13 heteroatoms. The van der Waals surface area contributed by atoms with Gasteiger partial charge in [-0.05, 0) is 24.6 Å². The summed E-state index contributed by atoms with van der Waals surface area (Å²) in [5.41, 5.74) is 1.85. The summed E-state index contributed by atoms with van der Waals surface area (Å²) in [7, 11) is 1.24. The van der Waals surface area contributed by atoms with Crippen LogP contribution in [0.5, 0.6) is 0 Å². The number of methoxy groups -OCH3 is 1. The molecule has 0 fully saturated rings. The van der Waals surface area contributed by atoms with E-state index in [1.54, 1.807) is 16.5 Å². The van der Waals surface area contributed by atoms with Crippen LogP contribution in [0.4, 0.5) is 18.0 Å². The van der Waals surface area contributed by atoms with Gasteiger partial charge in [0, 0.05) is 39.6 Å². The van der Waals surface area contributed by atoms with Crippen molar-refractivity contribution in [2.75, 3.05) is 13.8 Å². The summed E-state index contributed by atoms with van der Waals surface area (Å²) < 4.78 is 45.8. The second-order valence-corrected chi connectivity index (χ2v) is 8.59. The van der Waals surface area contributed by atoms with E-state index in [-0.39, 0.29) is 17.4 Å². The Morgan fingerprint density at radius 1 is 1.34 bits per heavy atom. The van der Waals surface area contributed by atoms with Gasteiger partial charge in [0.25, 0.3) is 0 Å². The van der Waals surface area contributed by atoms with Crippen molar-refractivity contribution in [1.82, 2.24) is 25.0 Å². The van der Waals surface area contributed by atoms with Crippen molar-refractivity contribution in [3.63, 3.8) is 0 Å². The highest BCUT2D eigenvalue weighted by Crippen LogP contribution is 2.44. The molecule has 0 bridgehead atoms. The number of halogens is 4. The molecule has 1 atom stereocenters. The van der Waals surface area contributed by atoms with E-state index in [4.69, 9.17) is 21.3 Å². The van der Waals surface area contributed by atoms with Crippen LogP contribution in [0, 0.1) is 5.82 Å². The van der Waals surface area contributed by atoms with Crippen LogP contribution in [-0.4, -0.2) is 45.4 Å². The molecule has 1 N–H and O–H groups in total. The fourth-order valence-corrected chi connectivity index (χ4v) is 4.70. The van der Waals surface area contributed by atoms with E-state index in [2.05, 4.69) is 15.4 Å². The molecule has 1 aliphatic rings. The van der Waals surface area contributed by atoms with Crippen LogP contribution in [0.1, 0.15) is 42.2 Å². The predicted octanol–water partition coefficient (Wildman–Crippen LogP) is 5.47. The lowest BCUT2D eigenvalue weighted by atomic mass is 9.91. The van der Waals surface area contributed by atoms with E-state index in [0.29, 0.717) is 38.8 Å². The van der Waals surface area contributed by atoms with Gasteiger partial charge in [-0.25, -0.2) is 18.9 Å². The normalized spacial score (nSPS) is 16.0. The van der Waals surface area contributed by atoms with Crippen molar-refractivity contribution in [2.45, 2.75) is 25.9 Å². The van der Waals surface area contributed by atoms with E-state index >= 15 is 0 Å². The number of hydrogen-bond acceptors (Lipinski definition) is 7. The number of alkyl halides is 2. The van der Waals surface area contributed by atoms with Crippen LogP contribution in [0.15, 0.2) is 52.7 Å². The third-order valence-electron chi connectivity index (χ3n) is 5.28. The fraction of sp³-hybridized carbons (Fsp3) is 0.273. The van der Waals surface area contributed by atoms with Crippen molar-refractivity contribution in [3.05, 3.63) is 74.8 Å². The summed E-state index contributed by atoms with van der Waals surface area (Å²) in [5, 5.41) is 9.15. The first-order valence-electron chi connectivity index (χ1n) is 10.4. The number of allylic oxidation sites excluding steroid dienone is 1. The molecule has 0 aliphatic carbocycles. The number of amidine groups is 1. The first-order chi connectivity index (χ1) is 16.8. The van der Waals surface area contributed by atoms with Crippen molar-refractivity contribution < 1.29 is 22.7 Å². The zero-order valence-electron chi connectivity index (χ0n) is 18.6. The van der Waals surface area contributed by atoms with Crippen LogP contribution in [0.3, 0.4) is 0 Å². The van der Waals surface area contributed by atoms with Crippen LogP contribution in [-0.2, 0) is 4.74 Å². The van der Waals surface area contributed by atoms with Crippen molar-refractivity contribution in [3.8, 4) is 0 Å². The molecule has 1 aromatic carbocycles. The van der Waals surface area contributed by atoms with E-state index in [1.165, 1.54) is 48.9 Å². The number of nitrogens with zero attached hydrogens (tertiary/aromatic N) is 5. The molecule has 3 heterocycles. The highest BCUT2D eigenvalue weighted by molar-refractivity contribution is 7.11.